The highest BCUT2D eigenvalue weighted by atomic mass is 16.1. The predicted octanol–water partition coefficient (Wildman–Crippen LogP) is 5.03. The predicted molar refractivity (Wildman–Crippen MR) is 95.6 cm³/mol. The quantitative estimate of drug-likeness (QED) is 0.724. The Kier molecular flexibility index (Phi) is 13.3. The van der Waals surface area contributed by atoms with Crippen LogP contribution in [0.5, 0.6) is 0 Å². The summed E-state index contributed by atoms with van der Waals surface area (Å²) < 4.78 is 0. The fourth-order valence-corrected chi connectivity index (χ4v) is 1.92. The summed E-state index contributed by atoms with van der Waals surface area (Å²) in [7, 11) is 4.23. The Bertz CT molecular complexity index is 375. The molecule has 0 aliphatic heterocycles. The molecule has 2 heteroatoms. The SMILES string of the molecule is C=C1CC=CC(C(C)=O)=C1C.CC.CCC(C)CN(C)C. The van der Waals surface area contributed by atoms with Crippen molar-refractivity contribution < 1.29 is 4.79 Å². The van der Waals surface area contributed by atoms with Crippen LogP contribution < -0.4 is 0 Å². The molecular weight excluding hydrogens is 258 g/mol. The first-order valence-electron chi connectivity index (χ1n) is 8.00. The highest BCUT2D eigenvalue weighted by molar-refractivity contribution is 5.97. The summed E-state index contributed by atoms with van der Waals surface area (Å²) in [5, 5.41) is 0. The van der Waals surface area contributed by atoms with Gasteiger partial charge in [-0.1, -0.05) is 52.8 Å². The van der Waals surface area contributed by atoms with E-state index in [1.807, 2.05) is 32.9 Å². The van der Waals surface area contributed by atoms with Gasteiger partial charge in [0.25, 0.3) is 0 Å². The van der Waals surface area contributed by atoms with E-state index in [1.165, 1.54) is 13.0 Å². The van der Waals surface area contributed by atoms with Crippen molar-refractivity contribution in [2.75, 3.05) is 20.6 Å². The second-order valence-electron chi connectivity index (χ2n) is 5.58. The number of allylic oxidation sites excluding steroid dienone is 5. The van der Waals surface area contributed by atoms with Crippen LogP contribution in [0.2, 0.25) is 0 Å². The Hall–Kier alpha value is -1.15. The molecule has 0 N–H and O–H groups in total. The molecule has 2 nitrogen and oxygen atoms in total. The number of ketones is 1. The van der Waals surface area contributed by atoms with Gasteiger partial charge in [0, 0.05) is 12.1 Å². The normalized spacial score (nSPS) is 15.0. The third-order valence-corrected chi connectivity index (χ3v) is 3.34. The van der Waals surface area contributed by atoms with Crippen LogP contribution in [0.25, 0.3) is 0 Å². The van der Waals surface area contributed by atoms with Crippen LogP contribution >= 0.6 is 0 Å². The molecule has 0 fully saturated rings. The second kappa shape index (κ2) is 12.6. The lowest BCUT2D eigenvalue weighted by molar-refractivity contribution is -0.113. The zero-order chi connectivity index (χ0) is 17.0. The Morgan fingerprint density at radius 2 is 1.90 bits per heavy atom. The Morgan fingerprint density at radius 1 is 1.38 bits per heavy atom. The van der Waals surface area contributed by atoms with E-state index >= 15 is 0 Å². The van der Waals surface area contributed by atoms with Crippen molar-refractivity contribution in [1.82, 2.24) is 4.90 Å². The highest BCUT2D eigenvalue weighted by Gasteiger charge is 2.10. The Labute approximate surface area is 132 Å². The van der Waals surface area contributed by atoms with Crippen LogP contribution in [0.4, 0.5) is 0 Å². The van der Waals surface area contributed by atoms with E-state index in [9.17, 15) is 4.79 Å². The second-order valence-corrected chi connectivity index (χ2v) is 5.58. The minimum atomic E-state index is 0.125. The molecule has 0 aromatic rings. The van der Waals surface area contributed by atoms with Crippen molar-refractivity contribution >= 4 is 5.78 Å². The lowest BCUT2D eigenvalue weighted by Gasteiger charge is -2.13. The van der Waals surface area contributed by atoms with Crippen molar-refractivity contribution in [2.45, 2.75) is 54.4 Å². The Morgan fingerprint density at radius 3 is 2.19 bits per heavy atom. The minimum absolute atomic E-state index is 0.125. The average Bonchev–Trinajstić information content (AvgIpc) is 2.43. The number of carbonyl (C=O) groups is 1. The number of hydrogen-bond donors (Lipinski definition) is 0. The molecule has 0 radical (unpaired) electrons. The molecule has 0 saturated carbocycles. The van der Waals surface area contributed by atoms with Crippen molar-refractivity contribution in [3.8, 4) is 0 Å². The maximum absolute atomic E-state index is 11.0. The van der Waals surface area contributed by atoms with Crippen molar-refractivity contribution in [3.63, 3.8) is 0 Å². The molecule has 1 unspecified atom stereocenters. The number of Topliss-reactive ketones (excluding diaryl/α,β-unsaturated/α-hetero) is 1. The molecule has 122 valence electrons. The lowest BCUT2D eigenvalue weighted by atomic mass is 9.93. The smallest absolute Gasteiger partial charge is 0.160 e. The molecule has 0 saturated heterocycles. The highest BCUT2D eigenvalue weighted by Crippen LogP contribution is 2.22. The van der Waals surface area contributed by atoms with Gasteiger partial charge in [0.05, 0.1) is 0 Å². The van der Waals surface area contributed by atoms with Gasteiger partial charge in [-0.2, -0.15) is 0 Å². The summed E-state index contributed by atoms with van der Waals surface area (Å²) in [6.07, 6.45) is 6.03. The van der Waals surface area contributed by atoms with Crippen molar-refractivity contribution in [3.05, 3.63) is 35.5 Å². The third kappa shape index (κ3) is 10.3. The van der Waals surface area contributed by atoms with Crippen LogP contribution in [0.1, 0.15) is 54.4 Å². The molecular formula is C19H35NO. The van der Waals surface area contributed by atoms with Crippen molar-refractivity contribution in [2.24, 2.45) is 5.92 Å². The summed E-state index contributed by atoms with van der Waals surface area (Å²) in [4.78, 5) is 13.2. The minimum Gasteiger partial charge on any atom is -0.309 e. The zero-order valence-electron chi connectivity index (χ0n) is 15.4. The number of hydrogen-bond acceptors (Lipinski definition) is 2. The van der Waals surface area contributed by atoms with Gasteiger partial charge in [0.2, 0.25) is 0 Å². The van der Waals surface area contributed by atoms with E-state index in [0.717, 1.165) is 29.1 Å². The van der Waals surface area contributed by atoms with E-state index in [2.05, 4.69) is 39.4 Å². The summed E-state index contributed by atoms with van der Waals surface area (Å²) in [6, 6.07) is 0. The average molecular weight is 293 g/mol. The molecule has 0 bridgehead atoms. The number of rotatable bonds is 4. The molecule has 21 heavy (non-hydrogen) atoms. The largest absolute Gasteiger partial charge is 0.309 e. The van der Waals surface area contributed by atoms with Gasteiger partial charge in [-0.15, -0.1) is 0 Å². The molecule has 0 spiro atoms. The maximum atomic E-state index is 11.0. The molecule has 0 aromatic heterocycles. The fourth-order valence-electron chi connectivity index (χ4n) is 1.92. The van der Waals surface area contributed by atoms with Crippen molar-refractivity contribution in [1.29, 1.82) is 0 Å². The van der Waals surface area contributed by atoms with E-state index in [-0.39, 0.29) is 5.78 Å². The molecule has 1 aliphatic carbocycles. The van der Waals surface area contributed by atoms with Crippen LogP contribution in [0.15, 0.2) is 35.5 Å². The molecule has 0 heterocycles. The summed E-state index contributed by atoms with van der Waals surface area (Å²) in [5.74, 6) is 0.976. The molecule has 1 rings (SSSR count). The number of carbonyl (C=O) groups excluding carboxylic acids is 1. The van der Waals surface area contributed by atoms with Gasteiger partial charge in [0.1, 0.15) is 0 Å². The standard InChI is InChI=1S/C10H12O.C7H17N.C2H6/c1-7-5-4-6-10(8(7)2)9(3)11;1-5-7(2)6-8(3)4;1-2/h4,6H,1,5H2,2-3H3;7H,5-6H2,1-4H3;1-2H3. The first-order chi connectivity index (χ1) is 9.79. The van der Waals surface area contributed by atoms with Crippen LogP contribution in [0.3, 0.4) is 0 Å². The van der Waals surface area contributed by atoms with Crippen LogP contribution in [-0.4, -0.2) is 31.3 Å². The molecule has 1 atom stereocenters. The molecule has 0 aromatic carbocycles. The summed E-state index contributed by atoms with van der Waals surface area (Å²) in [5.41, 5.74) is 2.90. The van der Waals surface area contributed by atoms with E-state index in [1.54, 1.807) is 6.92 Å². The van der Waals surface area contributed by atoms with Gasteiger partial charge in [-0.3, -0.25) is 4.79 Å². The van der Waals surface area contributed by atoms with E-state index in [4.69, 9.17) is 0 Å². The van der Waals surface area contributed by atoms with Gasteiger partial charge >= 0.3 is 0 Å². The molecule has 1 aliphatic rings. The van der Waals surface area contributed by atoms with E-state index < -0.39 is 0 Å². The first kappa shape index (κ1) is 22.1. The summed E-state index contributed by atoms with van der Waals surface area (Å²) in [6.45, 7) is 17.1. The van der Waals surface area contributed by atoms with Gasteiger partial charge in [-0.05, 0) is 51.4 Å². The lowest BCUT2D eigenvalue weighted by Crippen LogP contribution is -2.18. The van der Waals surface area contributed by atoms with Gasteiger partial charge < -0.3 is 4.90 Å². The van der Waals surface area contributed by atoms with Gasteiger partial charge in [0.15, 0.2) is 5.78 Å². The first-order valence-corrected chi connectivity index (χ1v) is 8.00. The van der Waals surface area contributed by atoms with Crippen LogP contribution in [-0.2, 0) is 4.79 Å². The number of nitrogens with zero attached hydrogens (tertiary/aromatic N) is 1. The fraction of sp³-hybridized carbons (Fsp3) is 0.632. The van der Waals surface area contributed by atoms with Gasteiger partial charge in [-0.25, -0.2) is 0 Å². The third-order valence-electron chi connectivity index (χ3n) is 3.34. The summed E-state index contributed by atoms with van der Waals surface area (Å²) >= 11 is 0. The Balaban J connectivity index is 0. The monoisotopic (exact) mass is 293 g/mol. The van der Waals surface area contributed by atoms with E-state index in [0.29, 0.717) is 0 Å². The maximum Gasteiger partial charge on any atom is 0.160 e. The van der Waals surface area contributed by atoms with Crippen LogP contribution in [0, 0.1) is 5.92 Å². The topological polar surface area (TPSA) is 20.3 Å². The zero-order valence-corrected chi connectivity index (χ0v) is 15.4. The molecule has 0 amide bonds.